The van der Waals surface area contributed by atoms with E-state index in [1.165, 1.54) is 0 Å². The van der Waals surface area contributed by atoms with Crippen LogP contribution in [0.4, 0.5) is 0 Å². The summed E-state index contributed by atoms with van der Waals surface area (Å²) in [6.45, 7) is 8.72. The van der Waals surface area contributed by atoms with Crippen molar-refractivity contribution in [2.75, 3.05) is 0 Å². The van der Waals surface area contributed by atoms with Crippen LogP contribution >= 0.6 is 27.3 Å². The summed E-state index contributed by atoms with van der Waals surface area (Å²) in [6, 6.07) is 2.03. The van der Waals surface area contributed by atoms with Gasteiger partial charge in [-0.05, 0) is 33.3 Å². The number of ketones is 1. The summed E-state index contributed by atoms with van der Waals surface area (Å²) in [5.41, 5.74) is 0.214. The lowest BCUT2D eigenvalue weighted by Gasteiger charge is -2.26. The Labute approximate surface area is 110 Å². The summed E-state index contributed by atoms with van der Waals surface area (Å²) in [5.74, 6) is 0.778. The molecule has 0 amide bonds. The summed E-state index contributed by atoms with van der Waals surface area (Å²) >= 11 is 5.05. The van der Waals surface area contributed by atoms with Crippen molar-refractivity contribution in [3.8, 4) is 0 Å². The maximum Gasteiger partial charge on any atom is 0.138 e. The van der Waals surface area contributed by atoms with Crippen LogP contribution in [0.5, 0.6) is 0 Å². The molecule has 0 aromatic carbocycles. The van der Waals surface area contributed by atoms with E-state index in [9.17, 15) is 4.79 Å². The fourth-order valence-electron chi connectivity index (χ4n) is 1.36. The Bertz CT molecular complexity index is 362. The van der Waals surface area contributed by atoms with Crippen molar-refractivity contribution in [3.05, 3.63) is 20.8 Å². The van der Waals surface area contributed by atoms with E-state index < -0.39 is 0 Å². The third-order valence-electron chi connectivity index (χ3n) is 3.01. The van der Waals surface area contributed by atoms with Gasteiger partial charge in [0.25, 0.3) is 0 Å². The van der Waals surface area contributed by atoms with Gasteiger partial charge < -0.3 is 0 Å². The van der Waals surface area contributed by atoms with Crippen molar-refractivity contribution in [2.45, 2.75) is 40.5 Å². The lowest BCUT2D eigenvalue weighted by Crippen LogP contribution is -2.21. The summed E-state index contributed by atoms with van der Waals surface area (Å²) in [5, 5.41) is 2.02. The van der Waals surface area contributed by atoms with Crippen molar-refractivity contribution in [3.63, 3.8) is 0 Å². The van der Waals surface area contributed by atoms with E-state index in [1.54, 1.807) is 11.3 Å². The topological polar surface area (TPSA) is 17.1 Å². The Morgan fingerprint density at radius 3 is 2.56 bits per heavy atom. The Kier molecular flexibility index (Phi) is 4.74. The normalized spacial score (nSPS) is 13.8. The van der Waals surface area contributed by atoms with E-state index in [-0.39, 0.29) is 5.41 Å². The average Bonchev–Trinajstić information content (AvgIpc) is 2.49. The highest BCUT2D eigenvalue weighted by molar-refractivity contribution is 9.10. The number of hydrogen-bond acceptors (Lipinski definition) is 2. The van der Waals surface area contributed by atoms with Crippen molar-refractivity contribution < 1.29 is 4.79 Å². The van der Waals surface area contributed by atoms with Crippen LogP contribution in [-0.2, 0) is 11.2 Å². The third kappa shape index (κ3) is 4.38. The molecule has 0 bridgehead atoms. The largest absolute Gasteiger partial charge is 0.299 e. The molecular weight excluding hydrogens is 284 g/mol. The number of carbonyl (C=O) groups excluding carboxylic acids is 1. The molecule has 90 valence electrons. The minimum atomic E-state index is 0.214. The quantitative estimate of drug-likeness (QED) is 0.788. The van der Waals surface area contributed by atoms with Crippen molar-refractivity contribution >= 4 is 33.0 Å². The molecule has 16 heavy (non-hydrogen) atoms. The third-order valence-corrected chi connectivity index (χ3v) is 4.70. The number of carbonyl (C=O) groups is 1. The first-order valence-electron chi connectivity index (χ1n) is 5.53. The van der Waals surface area contributed by atoms with Gasteiger partial charge in [-0.1, -0.05) is 27.7 Å². The number of halogens is 1. The molecule has 1 heterocycles. The molecule has 1 nitrogen and oxygen atoms in total. The zero-order valence-electron chi connectivity index (χ0n) is 10.3. The van der Waals surface area contributed by atoms with E-state index in [2.05, 4.69) is 43.6 Å². The fraction of sp³-hybridized carbons (Fsp3) is 0.615. The molecule has 0 saturated heterocycles. The average molecular weight is 303 g/mol. The van der Waals surface area contributed by atoms with Crippen LogP contribution in [-0.4, -0.2) is 5.78 Å². The molecule has 1 rings (SSSR count). The number of rotatable bonds is 4. The van der Waals surface area contributed by atoms with Gasteiger partial charge in [0.2, 0.25) is 0 Å². The Hall–Kier alpha value is -0.150. The maximum absolute atomic E-state index is 11.9. The van der Waals surface area contributed by atoms with Crippen molar-refractivity contribution in [2.24, 2.45) is 11.3 Å². The van der Waals surface area contributed by atoms with Crippen LogP contribution in [0.3, 0.4) is 0 Å². The Morgan fingerprint density at radius 1 is 1.50 bits per heavy atom. The first-order chi connectivity index (χ1) is 7.29. The van der Waals surface area contributed by atoms with Gasteiger partial charge in [0.15, 0.2) is 0 Å². The van der Waals surface area contributed by atoms with Crippen LogP contribution in [0.1, 0.15) is 39.0 Å². The predicted octanol–water partition coefficient (Wildman–Crippen LogP) is 4.69. The van der Waals surface area contributed by atoms with Crippen molar-refractivity contribution in [1.82, 2.24) is 0 Å². The molecule has 1 atom stereocenters. The van der Waals surface area contributed by atoms with Gasteiger partial charge in [-0.3, -0.25) is 4.79 Å². The molecule has 0 aliphatic heterocycles. The number of thiophene rings is 1. The molecule has 0 aliphatic carbocycles. The van der Waals surface area contributed by atoms with E-state index in [1.807, 2.05) is 11.4 Å². The van der Waals surface area contributed by atoms with E-state index in [4.69, 9.17) is 0 Å². The predicted molar refractivity (Wildman–Crippen MR) is 74.0 cm³/mol. The van der Waals surface area contributed by atoms with Gasteiger partial charge in [-0.25, -0.2) is 0 Å². The van der Waals surface area contributed by atoms with Crippen LogP contribution in [0.2, 0.25) is 0 Å². The van der Waals surface area contributed by atoms with E-state index >= 15 is 0 Å². The van der Waals surface area contributed by atoms with Crippen LogP contribution in [0.25, 0.3) is 0 Å². The summed E-state index contributed by atoms with van der Waals surface area (Å²) in [4.78, 5) is 13.0. The second-order valence-corrected chi connectivity index (χ2v) is 7.33. The van der Waals surface area contributed by atoms with Gasteiger partial charge in [-0.15, -0.1) is 11.3 Å². The number of hydrogen-bond donors (Lipinski definition) is 0. The number of Topliss-reactive ketones (excluding diaryl/α,β-unsaturated/α-hetero) is 1. The second-order valence-electron chi connectivity index (χ2n) is 5.42. The van der Waals surface area contributed by atoms with Gasteiger partial charge in [0.1, 0.15) is 5.78 Å². The highest BCUT2D eigenvalue weighted by Crippen LogP contribution is 2.29. The van der Waals surface area contributed by atoms with Crippen molar-refractivity contribution in [1.29, 1.82) is 0 Å². The fourth-order valence-corrected chi connectivity index (χ4v) is 2.84. The molecule has 0 N–H and O–H groups in total. The monoisotopic (exact) mass is 302 g/mol. The van der Waals surface area contributed by atoms with Gasteiger partial charge in [-0.2, -0.15) is 0 Å². The molecule has 3 heteroatoms. The highest BCUT2D eigenvalue weighted by atomic mass is 79.9. The molecule has 1 unspecified atom stereocenters. The summed E-state index contributed by atoms with van der Waals surface area (Å²) in [7, 11) is 0. The smallest absolute Gasteiger partial charge is 0.138 e. The van der Waals surface area contributed by atoms with Gasteiger partial charge >= 0.3 is 0 Å². The molecule has 0 radical (unpaired) electrons. The zero-order chi connectivity index (χ0) is 12.3. The molecule has 1 aromatic heterocycles. The van der Waals surface area contributed by atoms with Crippen LogP contribution in [0.15, 0.2) is 15.9 Å². The molecule has 0 aliphatic rings. The molecule has 0 fully saturated rings. The standard InChI is InChI=1S/C13H19BrOS/c1-9(13(2,3)4)5-11(15)7-12-6-10(14)8-16-12/h6,8-9H,5,7H2,1-4H3. The van der Waals surface area contributed by atoms with Crippen LogP contribution in [0, 0.1) is 11.3 Å². The molecule has 1 aromatic rings. The Balaban J connectivity index is 2.48. The first-order valence-corrected chi connectivity index (χ1v) is 7.21. The Morgan fingerprint density at radius 2 is 2.12 bits per heavy atom. The molecule has 0 spiro atoms. The zero-order valence-corrected chi connectivity index (χ0v) is 12.7. The summed E-state index contributed by atoms with van der Waals surface area (Å²) < 4.78 is 1.07. The van der Waals surface area contributed by atoms with Gasteiger partial charge in [0, 0.05) is 27.6 Å². The highest BCUT2D eigenvalue weighted by Gasteiger charge is 2.22. The van der Waals surface area contributed by atoms with Gasteiger partial charge in [0.05, 0.1) is 0 Å². The SMILES string of the molecule is CC(CC(=O)Cc1cc(Br)cs1)C(C)(C)C. The lowest BCUT2D eigenvalue weighted by molar-refractivity contribution is -0.119. The minimum Gasteiger partial charge on any atom is -0.299 e. The van der Waals surface area contributed by atoms with E-state index in [0.29, 0.717) is 24.5 Å². The summed E-state index contributed by atoms with van der Waals surface area (Å²) in [6.07, 6.45) is 1.26. The molecular formula is C13H19BrOS. The lowest BCUT2D eigenvalue weighted by atomic mass is 9.79. The molecule has 0 saturated carbocycles. The minimum absolute atomic E-state index is 0.214. The first kappa shape index (κ1) is 13.9. The van der Waals surface area contributed by atoms with E-state index in [0.717, 1.165) is 9.35 Å². The second kappa shape index (κ2) is 5.46. The maximum atomic E-state index is 11.9. The van der Waals surface area contributed by atoms with Crippen LogP contribution < -0.4 is 0 Å².